The molecule has 1 amide bonds. The third kappa shape index (κ3) is 4.08. The molecule has 92 valence electrons. The molecule has 16 heavy (non-hydrogen) atoms. The number of allylic oxidation sites excluding steroid dienone is 1. The highest BCUT2D eigenvalue weighted by atomic mass is 19.2. The number of hydrogen-bond acceptors (Lipinski definition) is 3. The van der Waals surface area contributed by atoms with Gasteiger partial charge in [0.15, 0.2) is 12.2 Å². The Morgan fingerprint density at radius 3 is 2.19 bits per heavy atom. The molecule has 6 heteroatoms. The zero-order valence-electron chi connectivity index (χ0n) is 9.47. The Balaban J connectivity index is 4.94. The van der Waals surface area contributed by atoms with Crippen LogP contribution >= 0.6 is 0 Å². The lowest BCUT2D eigenvalue weighted by Crippen LogP contribution is -2.41. The molecule has 0 aromatic rings. The van der Waals surface area contributed by atoms with E-state index in [1.54, 1.807) is 5.32 Å². The number of aliphatic hydroxyl groups excluding tert-OH is 1. The van der Waals surface area contributed by atoms with E-state index < -0.39 is 34.9 Å². The number of nitrogens with two attached hydrogens (primary N) is 1. The molecule has 0 aromatic carbocycles. The number of carbonyl (C=O) groups is 1. The van der Waals surface area contributed by atoms with Crippen molar-refractivity contribution in [2.45, 2.75) is 27.1 Å². The van der Waals surface area contributed by atoms with Crippen LogP contribution in [0, 0.1) is 5.41 Å². The third-order valence-corrected chi connectivity index (χ3v) is 1.67. The van der Waals surface area contributed by atoms with Crippen LogP contribution in [0.3, 0.4) is 0 Å². The van der Waals surface area contributed by atoms with Crippen LogP contribution in [0.15, 0.2) is 23.8 Å². The summed E-state index contributed by atoms with van der Waals surface area (Å²) in [6, 6.07) is 0. The van der Waals surface area contributed by atoms with Gasteiger partial charge in [0.1, 0.15) is 5.83 Å². The van der Waals surface area contributed by atoms with Crippen LogP contribution in [0.4, 0.5) is 8.78 Å². The summed E-state index contributed by atoms with van der Waals surface area (Å²) in [6.45, 7) is 7.44. The zero-order valence-corrected chi connectivity index (χ0v) is 9.47. The molecule has 1 atom stereocenters. The van der Waals surface area contributed by atoms with Gasteiger partial charge in [-0.3, -0.25) is 10.5 Å². The fourth-order valence-electron chi connectivity index (χ4n) is 0.783. The van der Waals surface area contributed by atoms with Crippen molar-refractivity contribution in [1.82, 2.24) is 5.32 Å². The minimum absolute atomic E-state index is 0.711. The van der Waals surface area contributed by atoms with E-state index in [4.69, 9.17) is 10.8 Å². The maximum atomic E-state index is 13.4. The van der Waals surface area contributed by atoms with Crippen molar-refractivity contribution in [2.24, 2.45) is 11.1 Å². The first-order valence-electron chi connectivity index (χ1n) is 4.57. The first-order valence-corrected chi connectivity index (χ1v) is 4.57. The first kappa shape index (κ1) is 14.7. The first-order chi connectivity index (χ1) is 7.07. The minimum atomic E-state index is -1.64. The van der Waals surface area contributed by atoms with Crippen molar-refractivity contribution in [3.8, 4) is 0 Å². The topological polar surface area (TPSA) is 75.4 Å². The summed E-state index contributed by atoms with van der Waals surface area (Å²) in [5, 5.41) is 10.4. The normalized spacial score (nSPS) is 15.2. The smallest absolute Gasteiger partial charge is 0.256 e. The monoisotopic (exact) mass is 234 g/mol. The highest BCUT2D eigenvalue weighted by Gasteiger charge is 2.26. The van der Waals surface area contributed by atoms with Gasteiger partial charge in [0.2, 0.25) is 0 Å². The van der Waals surface area contributed by atoms with Gasteiger partial charge >= 0.3 is 0 Å². The highest BCUT2D eigenvalue weighted by molar-refractivity contribution is 5.96. The fourth-order valence-corrected chi connectivity index (χ4v) is 0.783. The number of halogens is 2. The Bertz CT molecular complexity index is 330. The molecule has 4 nitrogen and oxygen atoms in total. The molecule has 0 saturated heterocycles. The standard InChI is InChI=1S/C10H16F2N2O2/c1-5(8(15)14-9(13)16)6(11)7(12)10(2,3)4/h9,16H,1,13H2,2-4H3,(H,14,15)/b7-6-. The van der Waals surface area contributed by atoms with E-state index in [1.807, 2.05) is 0 Å². The SMILES string of the molecule is C=C(C(=O)NC(N)O)/C(F)=C(/F)C(C)(C)C. The van der Waals surface area contributed by atoms with E-state index in [0.717, 1.165) is 0 Å². The molecule has 0 aromatic heterocycles. The molecule has 0 heterocycles. The lowest BCUT2D eigenvalue weighted by molar-refractivity contribution is -0.120. The molecule has 0 radical (unpaired) electrons. The van der Waals surface area contributed by atoms with E-state index in [1.165, 1.54) is 20.8 Å². The third-order valence-electron chi connectivity index (χ3n) is 1.67. The van der Waals surface area contributed by atoms with Gasteiger partial charge < -0.3 is 10.4 Å². The van der Waals surface area contributed by atoms with Gasteiger partial charge in [-0.25, -0.2) is 8.78 Å². The number of nitrogens with one attached hydrogen (secondary N) is 1. The van der Waals surface area contributed by atoms with Gasteiger partial charge in [-0.1, -0.05) is 27.4 Å². The minimum Gasteiger partial charge on any atom is -0.361 e. The molecular formula is C10H16F2N2O2. The van der Waals surface area contributed by atoms with Crippen molar-refractivity contribution < 1.29 is 18.7 Å². The van der Waals surface area contributed by atoms with Gasteiger partial charge in [-0.2, -0.15) is 0 Å². The highest BCUT2D eigenvalue weighted by Crippen LogP contribution is 2.32. The average molecular weight is 234 g/mol. The van der Waals surface area contributed by atoms with Crippen molar-refractivity contribution in [3.63, 3.8) is 0 Å². The summed E-state index contributed by atoms with van der Waals surface area (Å²) in [4.78, 5) is 11.1. The van der Waals surface area contributed by atoms with Crippen LogP contribution in [0.1, 0.15) is 20.8 Å². The summed E-state index contributed by atoms with van der Waals surface area (Å²) in [5.41, 5.74) is 3.07. The van der Waals surface area contributed by atoms with Crippen LogP contribution in [0.25, 0.3) is 0 Å². The Kier molecular flexibility index (Phi) is 4.77. The van der Waals surface area contributed by atoms with E-state index in [9.17, 15) is 13.6 Å². The molecular weight excluding hydrogens is 218 g/mol. The predicted octanol–water partition coefficient (Wildman–Crippen LogP) is 1.09. The Morgan fingerprint density at radius 1 is 1.44 bits per heavy atom. The molecule has 0 aliphatic rings. The van der Waals surface area contributed by atoms with Gasteiger partial charge in [-0.15, -0.1) is 0 Å². The summed E-state index contributed by atoms with van der Waals surface area (Å²) >= 11 is 0. The van der Waals surface area contributed by atoms with Crippen molar-refractivity contribution in [2.75, 3.05) is 0 Å². The number of amides is 1. The predicted molar refractivity (Wildman–Crippen MR) is 56.2 cm³/mol. The van der Waals surface area contributed by atoms with E-state index in [2.05, 4.69) is 6.58 Å². The molecule has 4 N–H and O–H groups in total. The van der Waals surface area contributed by atoms with Crippen molar-refractivity contribution in [3.05, 3.63) is 23.8 Å². The van der Waals surface area contributed by atoms with Gasteiger partial charge in [-0.05, 0) is 0 Å². The maximum Gasteiger partial charge on any atom is 0.256 e. The zero-order chi connectivity index (χ0) is 13.1. The van der Waals surface area contributed by atoms with E-state index in [-0.39, 0.29) is 0 Å². The maximum absolute atomic E-state index is 13.4. The molecule has 0 saturated carbocycles. The van der Waals surface area contributed by atoms with Crippen LogP contribution in [0.2, 0.25) is 0 Å². The Morgan fingerprint density at radius 2 is 1.88 bits per heavy atom. The molecule has 1 unspecified atom stereocenters. The lowest BCUT2D eigenvalue weighted by Gasteiger charge is -2.17. The summed E-state index contributed by atoms with van der Waals surface area (Å²) in [6.07, 6.45) is -1.64. The fraction of sp³-hybridized carbons (Fsp3) is 0.500. The van der Waals surface area contributed by atoms with Gasteiger partial charge in [0.25, 0.3) is 5.91 Å². The molecule has 0 aliphatic carbocycles. The number of carbonyl (C=O) groups excluding carboxylic acids is 1. The second-order valence-corrected chi connectivity index (χ2v) is 4.27. The van der Waals surface area contributed by atoms with Crippen molar-refractivity contribution in [1.29, 1.82) is 0 Å². The quantitative estimate of drug-likeness (QED) is 0.388. The molecule has 0 bridgehead atoms. The van der Waals surface area contributed by atoms with Crippen LogP contribution in [0.5, 0.6) is 0 Å². The van der Waals surface area contributed by atoms with E-state index in [0.29, 0.717) is 0 Å². The van der Waals surface area contributed by atoms with Gasteiger partial charge in [0.05, 0.1) is 5.57 Å². The summed E-state index contributed by atoms with van der Waals surface area (Å²) in [7, 11) is 0. The number of rotatable bonds is 3. The van der Waals surface area contributed by atoms with Crippen LogP contribution in [-0.4, -0.2) is 17.4 Å². The second-order valence-electron chi connectivity index (χ2n) is 4.27. The van der Waals surface area contributed by atoms with Gasteiger partial charge in [0, 0.05) is 5.41 Å². The average Bonchev–Trinajstić information content (AvgIpc) is 2.11. The number of hydrogen-bond donors (Lipinski definition) is 3. The number of aliphatic hydroxyl groups is 1. The molecule has 0 rings (SSSR count). The van der Waals surface area contributed by atoms with Crippen molar-refractivity contribution >= 4 is 5.91 Å². The summed E-state index contributed by atoms with van der Waals surface area (Å²) in [5.74, 6) is -3.49. The Hall–Kier alpha value is -1.27. The van der Waals surface area contributed by atoms with E-state index >= 15 is 0 Å². The molecule has 0 spiro atoms. The lowest BCUT2D eigenvalue weighted by atomic mass is 9.93. The van der Waals surface area contributed by atoms with Crippen LogP contribution < -0.4 is 11.1 Å². The molecule has 0 fully saturated rings. The molecule has 0 aliphatic heterocycles. The Labute approximate surface area is 92.8 Å². The summed E-state index contributed by atoms with van der Waals surface area (Å²) < 4.78 is 26.8. The second kappa shape index (κ2) is 5.18. The van der Waals surface area contributed by atoms with Crippen LogP contribution in [-0.2, 0) is 4.79 Å². The largest absolute Gasteiger partial charge is 0.361 e.